The van der Waals surface area contributed by atoms with E-state index in [-0.39, 0.29) is 0 Å². The average Bonchev–Trinajstić information content (AvgIpc) is 3.14. The highest BCUT2D eigenvalue weighted by Crippen LogP contribution is 2.34. The maximum absolute atomic E-state index is 12.4. The molecule has 4 aliphatic heterocycles. The van der Waals surface area contributed by atoms with Gasteiger partial charge in [0.2, 0.25) is 17.7 Å². The van der Waals surface area contributed by atoms with Crippen molar-refractivity contribution in [1.82, 2.24) is 16.0 Å². The van der Waals surface area contributed by atoms with Crippen LogP contribution in [0.4, 0.5) is 0 Å². The molecule has 0 aromatic carbocycles. The van der Waals surface area contributed by atoms with Gasteiger partial charge >= 0.3 is 10.4 Å². The summed E-state index contributed by atoms with van der Waals surface area (Å²) in [6.45, 7) is -0.659. The Kier molecular flexibility index (Phi) is 17.0. The third-order valence-corrected chi connectivity index (χ3v) is 10.1. The smallest absolute Gasteiger partial charge is 0.394 e. The van der Waals surface area contributed by atoms with Gasteiger partial charge in [0.1, 0.15) is 91.4 Å². The van der Waals surface area contributed by atoms with Gasteiger partial charge in [0.25, 0.3) is 0 Å². The van der Waals surface area contributed by atoms with E-state index in [1.54, 1.807) is 0 Å². The van der Waals surface area contributed by atoms with Crippen molar-refractivity contribution in [3.8, 4) is 0 Å². The number of hydrogen-bond donors (Lipinski definition) is 14. The molecule has 4 fully saturated rings. The predicted octanol–water partition coefficient (Wildman–Crippen LogP) is -9.52. The zero-order valence-electron chi connectivity index (χ0n) is 31.1. The van der Waals surface area contributed by atoms with Crippen molar-refractivity contribution in [3.05, 3.63) is 0 Å². The van der Waals surface area contributed by atoms with E-state index >= 15 is 0 Å². The van der Waals surface area contributed by atoms with Gasteiger partial charge in [-0.3, -0.25) is 18.9 Å². The lowest BCUT2D eigenvalue weighted by molar-refractivity contribution is -0.361. The SMILES string of the molecule is CC(=O)N[C@H]1C(O)O[C@H](COS(=O)(=O)O)[C@@H](O[C@@H]2O[C@H](CO)[C@@H](O[C@@H]3O[C@H](CO)[C@@H](O[C@@H]4O[C@H](CO)[C@@H](O)C(O)[C@H]4N)C(O)[C@H]3NC(C)=O)C(O)[C@H]2NC(C)=O)C1O. The molecule has 0 aromatic heterocycles. The van der Waals surface area contributed by atoms with Crippen LogP contribution in [0, 0.1) is 0 Å². The Morgan fingerprint density at radius 2 is 0.948 bits per heavy atom. The summed E-state index contributed by atoms with van der Waals surface area (Å²) >= 11 is 0. The number of nitrogens with one attached hydrogen (secondary N) is 3. The molecule has 0 aliphatic carbocycles. The quantitative estimate of drug-likeness (QED) is 0.0680. The number of rotatable bonds is 15. The topological polar surface area (TPSA) is 424 Å². The van der Waals surface area contributed by atoms with Gasteiger partial charge in [-0.1, -0.05) is 0 Å². The molecule has 28 heteroatoms. The first-order chi connectivity index (χ1) is 27.1. The van der Waals surface area contributed by atoms with Crippen molar-refractivity contribution >= 4 is 28.1 Å². The summed E-state index contributed by atoms with van der Waals surface area (Å²) in [5.74, 6) is -2.34. The Labute approximate surface area is 330 Å². The molecule has 4 rings (SSSR count). The number of nitrogens with two attached hydrogens (primary N) is 1. The highest BCUT2D eigenvalue weighted by Gasteiger charge is 2.56. The Morgan fingerprint density at radius 3 is 1.36 bits per heavy atom. The molecule has 0 radical (unpaired) electrons. The fourth-order valence-electron chi connectivity index (χ4n) is 6.95. The van der Waals surface area contributed by atoms with E-state index in [0.29, 0.717) is 0 Å². The van der Waals surface area contributed by atoms with Gasteiger partial charge in [-0.2, -0.15) is 8.42 Å². The van der Waals surface area contributed by atoms with E-state index < -0.39 is 177 Å². The lowest BCUT2D eigenvalue weighted by Crippen LogP contribution is -2.71. The summed E-state index contributed by atoms with van der Waals surface area (Å²) in [6.07, 6.45) is -28.0. The number of carbonyl (C=O) groups is 3. The molecule has 5 unspecified atom stereocenters. The maximum Gasteiger partial charge on any atom is 0.397 e. The fourth-order valence-corrected chi connectivity index (χ4v) is 7.26. The monoisotopic (exact) mass is 868 g/mol. The molecule has 0 bridgehead atoms. The fraction of sp³-hybridized carbons (Fsp3) is 0.900. The summed E-state index contributed by atoms with van der Waals surface area (Å²) < 4.78 is 76.4. The summed E-state index contributed by atoms with van der Waals surface area (Å²) in [5, 5.41) is 103. The minimum absolute atomic E-state index is 0.757. The average molecular weight is 869 g/mol. The lowest BCUT2D eigenvalue weighted by Gasteiger charge is -2.50. The standard InChI is InChI=1S/C30H52N4O23S/c1-8(38)32-16-21(43)26(14(51-27(16)46)7-50-58(47,48)49)57-30-18(34-10(3)40)23(45)25(13(6-37)54-30)56-29-17(33-9(2)39)22(44)24(12(5-36)53-29)55-28-15(31)20(42)19(41)11(4-35)52-28/h11-30,35-37,41-46H,4-7,31H2,1-3H3,(H,32,38)(H,33,39)(H,34,40)(H,47,48,49)/t11-,12-,13-,14-,15-,16-,17-,18-,19-,20?,21?,22?,23?,24-,25-,26-,27?,28+,29+,30+/m1/s1. The molecular weight excluding hydrogens is 816 g/mol. The highest BCUT2D eigenvalue weighted by molar-refractivity contribution is 7.80. The van der Waals surface area contributed by atoms with Crippen LogP contribution in [-0.4, -0.2) is 226 Å². The van der Waals surface area contributed by atoms with Crippen molar-refractivity contribution in [1.29, 1.82) is 0 Å². The van der Waals surface area contributed by atoms with Crippen molar-refractivity contribution in [2.24, 2.45) is 5.73 Å². The minimum Gasteiger partial charge on any atom is -0.394 e. The van der Waals surface area contributed by atoms with Gasteiger partial charge in [0, 0.05) is 20.8 Å². The molecule has 4 saturated heterocycles. The van der Waals surface area contributed by atoms with E-state index in [1.165, 1.54) is 0 Å². The van der Waals surface area contributed by atoms with Crippen LogP contribution in [0.3, 0.4) is 0 Å². The summed E-state index contributed by atoms with van der Waals surface area (Å²) in [4.78, 5) is 36.6. The molecule has 3 amide bonds. The second-order valence-electron chi connectivity index (χ2n) is 14.0. The predicted molar refractivity (Wildman–Crippen MR) is 181 cm³/mol. The third kappa shape index (κ3) is 11.5. The molecule has 336 valence electrons. The first kappa shape index (κ1) is 48.3. The number of hydrogen-bond acceptors (Lipinski definition) is 23. The highest BCUT2D eigenvalue weighted by atomic mass is 32.3. The maximum atomic E-state index is 12.4. The van der Waals surface area contributed by atoms with E-state index in [1.807, 2.05) is 0 Å². The molecule has 0 saturated carbocycles. The van der Waals surface area contributed by atoms with Crippen LogP contribution in [0.5, 0.6) is 0 Å². The minimum atomic E-state index is -5.13. The van der Waals surface area contributed by atoms with Crippen LogP contribution in [0.1, 0.15) is 20.8 Å². The van der Waals surface area contributed by atoms with Gasteiger partial charge in [0.05, 0.1) is 32.5 Å². The molecule has 58 heavy (non-hydrogen) atoms. The van der Waals surface area contributed by atoms with Crippen molar-refractivity contribution in [2.75, 3.05) is 26.4 Å². The van der Waals surface area contributed by atoms with Crippen molar-refractivity contribution in [3.63, 3.8) is 0 Å². The Balaban J connectivity index is 1.62. The molecule has 0 aromatic rings. The van der Waals surface area contributed by atoms with E-state index in [2.05, 4.69) is 20.1 Å². The van der Waals surface area contributed by atoms with Gasteiger partial charge in [-0.15, -0.1) is 0 Å². The molecule has 0 spiro atoms. The van der Waals surface area contributed by atoms with Crippen molar-refractivity contribution < 1.29 is 111 Å². The van der Waals surface area contributed by atoms with Crippen LogP contribution >= 0.6 is 0 Å². The Hall–Kier alpha value is -2.40. The molecule has 15 N–H and O–H groups in total. The van der Waals surface area contributed by atoms with Crippen molar-refractivity contribution in [2.45, 2.75) is 143 Å². The molecule has 4 heterocycles. The first-order valence-electron chi connectivity index (χ1n) is 17.8. The largest absolute Gasteiger partial charge is 0.397 e. The van der Waals surface area contributed by atoms with Gasteiger partial charge in [-0.05, 0) is 0 Å². The van der Waals surface area contributed by atoms with E-state index in [9.17, 15) is 68.8 Å². The van der Waals surface area contributed by atoms with Crippen LogP contribution in [0.2, 0.25) is 0 Å². The van der Waals surface area contributed by atoms with E-state index in [0.717, 1.165) is 20.8 Å². The Morgan fingerprint density at radius 1 is 0.569 bits per heavy atom. The van der Waals surface area contributed by atoms with Crippen LogP contribution in [0.15, 0.2) is 0 Å². The first-order valence-corrected chi connectivity index (χ1v) is 19.2. The van der Waals surface area contributed by atoms with Crippen LogP contribution < -0.4 is 21.7 Å². The Bertz CT molecular complexity index is 1500. The number of aliphatic hydroxyl groups is 9. The summed E-state index contributed by atoms with van der Waals surface area (Å²) in [5.41, 5.74) is 5.97. The second-order valence-corrected chi connectivity index (χ2v) is 15.1. The molecular formula is C30H52N4O23S. The number of ether oxygens (including phenoxy) is 7. The zero-order valence-corrected chi connectivity index (χ0v) is 32.0. The zero-order chi connectivity index (χ0) is 43.4. The molecule has 4 aliphatic rings. The van der Waals surface area contributed by atoms with Gasteiger partial charge in [-0.25, -0.2) is 4.18 Å². The number of carbonyl (C=O) groups excluding carboxylic acids is 3. The number of amides is 3. The van der Waals surface area contributed by atoms with Gasteiger partial charge < -0.3 is 101 Å². The van der Waals surface area contributed by atoms with Crippen LogP contribution in [0.25, 0.3) is 0 Å². The third-order valence-electron chi connectivity index (χ3n) is 9.69. The van der Waals surface area contributed by atoms with E-state index in [4.69, 9.17) is 43.4 Å². The van der Waals surface area contributed by atoms with Crippen LogP contribution in [-0.2, 0) is 62.1 Å². The molecule has 20 atom stereocenters. The summed E-state index contributed by atoms with van der Waals surface area (Å²) in [7, 11) is -5.13. The second kappa shape index (κ2) is 20.4. The lowest BCUT2D eigenvalue weighted by atomic mass is 9.93. The number of aliphatic hydroxyl groups excluding tert-OH is 9. The van der Waals surface area contributed by atoms with Gasteiger partial charge in [0.15, 0.2) is 25.2 Å². The normalized spacial score (nSPS) is 43.6. The molecule has 27 nitrogen and oxygen atoms in total. The summed E-state index contributed by atoms with van der Waals surface area (Å²) in [6, 6.07) is -6.41.